The molecule has 0 aliphatic carbocycles. The molecule has 2 rings (SSSR count). The van der Waals surface area contributed by atoms with E-state index in [4.69, 9.17) is 4.74 Å². The van der Waals surface area contributed by atoms with Gasteiger partial charge in [-0.15, -0.1) is 0 Å². The molecule has 0 atom stereocenters. The minimum absolute atomic E-state index is 0.00369. The number of nitrogens with zero attached hydrogens (tertiary/aromatic N) is 1. The fraction of sp³-hybridized carbons (Fsp3) is 0.176. The number of ether oxygens (including phenoxy) is 1. The summed E-state index contributed by atoms with van der Waals surface area (Å²) in [6.45, 7) is -0.222. The largest absolute Gasteiger partial charge is 0.452 e. The van der Waals surface area contributed by atoms with Crippen molar-refractivity contribution < 1.29 is 23.1 Å². The number of hydrogen-bond acceptors (Lipinski definition) is 3. The number of likely N-dealkylation sites (N-methyl/N-ethyl adjacent to an activating group) is 1. The molecule has 0 radical (unpaired) electrons. The van der Waals surface area contributed by atoms with Gasteiger partial charge in [0, 0.05) is 18.1 Å². The molecule has 0 unspecified atom stereocenters. The third-order valence-corrected chi connectivity index (χ3v) is 3.93. The molecule has 0 fully saturated rings. The first kappa shape index (κ1) is 18.1. The van der Waals surface area contributed by atoms with Gasteiger partial charge in [-0.05, 0) is 51.8 Å². The molecule has 0 spiro atoms. The van der Waals surface area contributed by atoms with Crippen molar-refractivity contribution in [3.8, 4) is 0 Å². The average molecular weight is 398 g/mol. The van der Waals surface area contributed by atoms with Gasteiger partial charge >= 0.3 is 5.97 Å². The highest BCUT2D eigenvalue weighted by Crippen LogP contribution is 2.18. The predicted molar refractivity (Wildman–Crippen MR) is 87.3 cm³/mol. The van der Waals surface area contributed by atoms with Gasteiger partial charge in [0.05, 0.1) is 5.56 Å². The van der Waals surface area contributed by atoms with Crippen LogP contribution in [0.2, 0.25) is 0 Å². The third-order valence-electron chi connectivity index (χ3n) is 3.23. The van der Waals surface area contributed by atoms with Gasteiger partial charge in [0.2, 0.25) is 0 Å². The Labute approximate surface area is 146 Å². The number of benzene rings is 2. The summed E-state index contributed by atoms with van der Waals surface area (Å²) in [5, 5.41) is 0. The molecule has 7 heteroatoms. The Balaban J connectivity index is 1.91. The summed E-state index contributed by atoms with van der Waals surface area (Å²) in [7, 11) is 1.54. The predicted octanol–water partition coefficient (Wildman–Crippen LogP) is 3.54. The van der Waals surface area contributed by atoms with Gasteiger partial charge < -0.3 is 9.64 Å². The molecule has 0 heterocycles. The van der Waals surface area contributed by atoms with Crippen LogP contribution in [0.3, 0.4) is 0 Å². The summed E-state index contributed by atoms with van der Waals surface area (Å²) < 4.78 is 31.3. The monoisotopic (exact) mass is 397 g/mol. The minimum atomic E-state index is -0.801. The molecule has 0 saturated heterocycles. The highest BCUT2D eigenvalue weighted by molar-refractivity contribution is 9.10. The lowest BCUT2D eigenvalue weighted by Crippen LogP contribution is -2.30. The van der Waals surface area contributed by atoms with Crippen LogP contribution in [-0.4, -0.2) is 30.4 Å². The maximum absolute atomic E-state index is 13.2. The van der Waals surface area contributed by atoms with E-state index in [1.54, 1.807) is 12.1 Å². The second-order valence-electron chi connectivity index (χ2n) is 5.08. The van der Waals surface area contributed by atoms with E-state index in [0.29, 0.717) is 4.47 Å². The van der Waals surface area contributed by atoms with E-state index in [1.165, 1.54) is 36.2 Å². The van der Waals surface area contributed by atoms with Gasteiger partial charge in [-0.2, -0.15) is 0 Å². The van der Waals surface area contributed by atoms with E-state index in [2.05, 4.69) is 15.9 Å². The summed E-state index contributed by atoms with van der Waals surface area (Å²) in [4.78, 5) is 25.2. The molecular formula is C17H14BrF2NO3. The second-order valence-corrected chi connectivity index (χ2v) is 5.93. The molecule has 24 heavy (non-hydrogen) atoms. The highest BCUT2D eigenvalue weighted by atomic mass is 79.9. The quantitative estimate of drug-likeness (QED) is 0.724. The van der Waals surface area contributed by atoms with Crippen molar-refractivity contribution in [1.29, 1.82) is 0 Å². The van der Waals surface area contributed by atoms with Crippen molar-refractivity contribution in [2.45, 2.75) is 6.54 Å². The van der Waals surface area contributed by atoms with Gasteiger partial charge in [-0.1, -0.05) is 12.1 Å². The van der Waals surface area contributed by atoms with Crippen LogP contribution in [0.5, 0.6) is 0 Å². The van der Waals surface area contributed by atoms with Gasteiger partial charge in [0.25, 0.3) is 5.91 Å². The standard InChI is InChI=1S/C17H14BrF2NO3/c1-21(9-11-2-4-12(19)5-3-11)16(22)10-24-17(23)14-8-13(20)6-7-15(14)18/h2-8H,9-10H2,1H3. The minimum Gasteiger partial charge on any atom is -0.452 e. The first-order valence-electron chi connectivity index (χ1n) is 6.97. The second kappa shape index (κ2) is 8.01. The number of hydrogen-bond donors (Lipinski definition) is 0. The number of halogens is 3. The van der Waals surface area contributed by atoms with Crippen molar-refractivity contribution >= 4 is 27.8 Å². The SMILES string of the molecule is CN(Cc1ccc(F)cc1)C(=O)COC(=O)c1cc(F)ccc1Br. The first-order valence-corrected chi connectivity index (χ1v) is 7.76. The van der Waals surface area contributed by atoms with E-state index in [1.807, 2.05) is 0 Å². The first-order chi connectivity index (χ1) is 11.4. The zero-order valence-corrected chi connectivity index (χ0v) is 14.3. The van der Waals surface area contributed by atoms with E-state index in [9.17, 15) is 18.4 Å². The number of rotatable bonds is 5. The lowest BCUT2D eigenvalue weighted by atomic mass is 10.2. The maximum Gasteiger partial charge on any atom is 0.339 e. The molecule has 2 aromatic carbocycles. The summed E-state index contributed by atoms with van der Waals surface area (Å²) in [6, 6.07) is 9.34. The fourth-order valence-electron chi connectivity index (χ4n) is 1.92. The molecule has 0 aromatic heterocycles. The van der Waals surface area contributed by atoms with Crippen LogP contribution in [0, 0.1) is 11.6 Å². The van der Waals surface area contributed by atoms with Crippen LogP contribution in [0.4, 0.5) is 8.78 Å². The molecule has 0 saturated carbocycles. The van der Waals surface area contributed by atoms with Crippen molar-refractivity contribution in [2.75, 3.05) is 13.7 Å². The molecule has 1 amide bonds. The van der Waals surface area contributed by atoms with Crippen molar-refractivity contribution in [3.63, 3.8) is 0 Å². The van der Waals surface area contributed by atoms with Gasteiger partial charge in [-0.25, -0.2) is 13.6 Å². The van der Waals surface area contributed by atoms with Crippen LogP contribution in [0.1, 0.15) is 15.9 Å². The van der Waals surface area contributed by atoms with Crippen LogP contribution in [-0.2, 0) is 16.1 Å². The third kappa shape index (κ3) is 4.86. The molecule has 0 bridgehead atoms. The number of esters is 1. The van der Waals surface area contributed by atoms with E-state index in [0.717, 1.165) is 11.6 Å². The number of carbonyl (C=O) groups is 2. The van der Waals surface area contributed by atoms with Crippen LogP contribution >= 0.6 is 15.9 Å². The number of carbonyl (C=O) groups excluding carboxylic acids is 2. The van der Waals surface area contributed by atoms with Crippen molar-refractivity contribution in [3.05, 3.63) is 69.7 Å². The maximum atomic E-state index is 13.2. The summed E-state index contributed by atoms with van der Waals surface area (Å²) >= 11 is 3.12. The van der Waals surface area contributed by atoms with Crippen LogP contribution in [0.15, 0.2) is 46.9 Å². The van der Waals surface area contributed by atoms with Crippen molar-refractivity contribution in [1.82, 2.24) is 4.90 Å². The number of amides is 1. The van der Waals surface area contributed by atoms with Crippen molar-refractivity contribution in [2.24, 2.45) is 0 Å². The smallest absolute Gasteiger partial charge is 0.339 e. The summed E-state index contributed by atoms with van der Waals surface area (Å²) in [6.07, 6.45) is 0. The average Bonchev–Trinajstić information content (AvgIpc) is 2.56. The molecule has 2 aromatic rings. The Bertz CT molecular complexity index is 750. The summed E-state index contributed by atoms with van der Waals surface area (Å²) in [5.74, 6) is -2.17. The normalized spacial score (nSPS) is 10.3. The topological polar surface area (TPSA) is 46.6 Å². The van der Waals surface area contributed by atoms with Crippen LogP contribution < -0.4 is 0 Å². The Morgan fingerprint density at radius 2 is 1.71 bits per heavy atom. The van der Waals surface area contributed by atoms with Gasteiger partial charge in [-0.3, -0.25) is 4.79 Å². The van der Waals surface area contributed by atoms with Gasteiger partial charge in [0.1, 0.15) is 11.6 Å². The Morgan fingerprint density at radius 3 is 2.38 bits per heavy atom. The molecule has 4 nitrogen and oxygen atoms in total. The van der Waals surface area contributed by atoms with E-state index in [-0.39, 0.29) is 17.9 Å². The molecule has 126 valence electrons. The zero-order chi connectivity index (χ0) is 17.7. The summed E-state index contributed by atoms with van der Waals surface area (Å²) in [5.41, 5.74) is 0.746. The zero-order valence-electron chi connectivity index (χ0n) is 12.8. The lowest BCUT2D eigenvalue weighted by molar-refractivity contribution is -0.133. The van der Waals surface area contributed by atoms with Crippen LogP contribution in [0.25, 0.3) is 0 Å². The molecule has 0 N–H and O–H groups in total. The molecule has 0 aliphatic heterocycles. The Morgan fingerprint density at radius 1 is 1.08 bits per heavy atom. The highest BCUT2D eigenvalue weighted by Gasteiger charge is 2.16. The fourth-order valence-corrected chi connectivity index (χ4v) is 2.33. The lowest BCUT2D eigenvalue weighted by Gasteiger charge is -2.17. The Hall–Kier alpha value is -2.28. The Kier molecular flexibility index (Phi) is 6.03. The van der Waals surface area contributed by atoms with E-state index >= 15 is 0 Å². The van der Waals surface area contributed by atoms with Gasteiger partial charge in [0.15, 0.2) is 6.61 Å². The molecule has 0 aliphatic rings. The van der Waals surface area contributed by atoms with E-state index < -0.39 is 24.3 Å². The molecular weight excluding hydrogens is 384 g/mol.